The van der Waals surface area contributed by atoms with Gasteiger partial charge >= 0.3 is 0 Å². The van der Waals surface area contributed by atoms with Crippen molar-refractivity contribution in [3.05, 3.63) is 50.1 Å². The summed E-state index contributed by atoms with van der Waals surface area (Å²) in [5.41, 5.74) is 0.602. The largest absolute Gasteiger partial charge is 0.494 e. The van der Waals surface area contributed by atoms with Crippen molar-refractivity contribution >= 4 is 22.6 Å². The van der Waals surface area contributed by atoms with E-state index >= 15 is 0 Å². The molecule has 0 aliphatic heterocycles. The molecule has 0 amide bonds. The SMILES string of the molecule is CCCOc1ccc(-c2[c-]cc(I)c(=O)n2C)c(F)c1.[Y]. The summed E-state index contributed by atoms with van der Waals surface area (Å²) in [7, 11) is 1.61. The molecule has 1 aromatic carbocycles. The number of nitrogens with zero attached hydrogens (tertiary/aromatic N) is 1. The van der Waals surface area contributed by atoms with E-state index in [4.69, 9.17) is 4.74 Å². The molecule has 0 aliphatic carbocycles. The van der Waals surface area contributed by atoms with Gasteiger partial charge in [0.15, 0.2) is 0 Å². The van der Waals surface area contributed by atoms with Crippen LogP contribution in [0, 0.1) is 15.5 Å². The molecule has 0 atom stereocenters. The Balaban J connectivity index is 0.00000220. The minimum atomic E-state index is -0.425. The van der Waals surface area contributed by atoms with Gasteiger partial charge in [-0.05, 0) is 16.1 Å². The summed E-state index contributed by atoms with van der Waals surface area (Å²) in [6.07, 6.45) is 0.864. The molecule has 21 heavy (non-hydrogen) atoms. The van der Waals surface area contributed by atoms with Gasteiger partial charge in [-0.3, -0.25) is 4.79 Å². The quantitative estimate of drug-likeness (QED) is 0.502. The van der Waals surface area contributed by atoms with E-state index in [2.05, 4.69) is 6.07 Å². The zero-order valence-corrected chi connectivity index (χ0v) is 16.8. The Morgan fingerprint density at radius 3 is 2.76 bits per heavy atom. The van der Waals surface area contributed by atoms with Crippen LogP contribution in [-0.2, 0) is 39.8 Å². The molecular formula is C15H14FINO2Y-. The monoisotopic (exact) mass is 475 g/mol. The predicted octanol–water partition coefficient (Wildman–Crippen LogP) is 3.38. The Morgan fingerprint density at radius 2 is 2.14 bits per heavy atom. The molecular weight excluding hydrogens is 461 g/mol. The predicted molar refractivity (Wildman–Crippen MR) is 84.4 cm³/mol. The van der Waals surface area contributed by atoms with Crippen molar-refractivity contribution in [3.63, 3.8) is 0 Å². The van der Waals surface area contributed by atoms with Crippen LogP contribution in [0.4, 0.5) is 4.39 Å². The average Bonchev–Trinajstić information content (AvgIpc) is 2.44. The van der Waals surface area contributed by atoms with Crippen LogP contribution in [0.3, 0.4) is 0 Å². The van der Waals surface area contributed by atoms with Crippen LogP contribution in [0.25, 0.3) is 11.3 Å². The summed E-state index contributed by atoms with van der Waals surface area (Å²) in [6.45, 7) is 2.54. The molecule has 1 heterocycles. The summed E-state index contributed by atoms with van der Waals surface area (Å²) >= 11 is 1.94. The number of aromatic nitrogens is 1. The van der Waals surface area contributed by atoms with Gasteiger partial charge in [0.25, 0.3) is 0 Å². The molecule has 0 bridgehead atoms. The minimum absolute atomic E-state index is 0. The van der Waals surface area contributed by atoms with E-state index in [1.165, 1.54) is 10.6 Å². The number of pyridine rings is 1. The number of ether oxygens (including phenoxy) is 1. The molecule has 0 aliphatic rings. The molecule has 109 valence electrons. The summed E-state index contributed by atoms with van der Waals surface area (Å²) in [6, 6.07) is 9.15. The van der Waals surface area contributed by atoms with Gasteiger partial charge in [-0.25, -0.2) is 4.39 Å². The fourth-order valence-electron chi connectivity index (χ4n) is 1.81. The van der Waals surface area contributed by atoms with Gasteiger partial charge < -0.3 is 9.30 Å². The van der Waals surface area contributed by atoms with Crippen LogP contribution in [-0.4, -0.2) is 11.2 Å². The van der Waals surface area contributed by atoms with E-state index in [0.717, 1.165) is 6.42 Å². The summed E-state index contributed by atoms with van der Waals surface area (Å²) in [5.74, 6) is 0.0645. The molecule has 0 unspecified atom stereocenters. The van der Waals surface area contributed by atoms with Gasteiger partial charge in [0.1, 0.15) is 5.75 Å². The Hall–Kier alpha value is -0.266. The number of rotatable bonds is 4. The summed E-state index contributed by atoms with van der Waals surface area (Å²) in [4.78, 5) is 11.9. The van der Waals surface area contributed by atoms with Crippen molar-refractivity contribution in [2.75, 3.05) is 6.61 Å². The third-order valence-corrected chi connectivity index (χ3v) is 3.62. The molecule has 0 N–H and O–H groups in total. The maximum atomic E-state index is 14.2. The van der Waals surface area contributed by atoms with Crippen molar-refractivity contribution < 1.29 is 41.8 Å². The van der Waals surface area contributed by atoms with Crippen LogP contribution >= 0.6 is 22.6 Å². The molecule has 2 aromatic rings. The van der Waals surface area contributed by atoms with Crippen molar-refractivity contribution in [2.24, 2.45) is 7.05 Å². The molecule has 3 nitrogen and oxygen atoms in total. The van der Waals surface area contributed by atoms with Crippen molar-refractivity contribution in [2.45, 2.75) is 13.3 Å². The van der Waals surface area contributed by atoms with E-state index in [1.807, 2.05) is 29.5 Å². The van der Waals surface area contributed by atoms with E-state index in [0.29, 0.717) is 27.2 Å². The number of hydrogen-bond donors (Lipinski definition) is 0. The maximum Gasteiger partial charge on any atom is 0.207 e. The average molecular weight is 475 g/mol. The Labute approximate surface area is 161 Å². The molecule has 0 saturated carbocycles. The van der Waals surface area contributed by atoms with Gasteiger partial charge in [0, 0.05) is 45.8 Å². The topological polar surface area (TPSA) is 31.2 Å². The number of halogens is 2. The first-order chi connectivity index (χ1) is 9.54. The molecule has 0 fully saturated rings. The molecule has 6 heteroatoms. The van der Waals surface area contributed by atoms with Crippen LogP contribution in [0.1, 0.15) is 13.3 Å². The Kier molecular flexibility index (Phi) is 7.50. The van der Waals surface area contributed by atoms with Gasteiger partial charge in [0.2, 0.25) is 5.56 Å². The normalized spacial score (nSPS) is 10.1. The van der Waals surface area contributed by atoms with E-state index in [1.54, 1.807) is 25.2 Å². The fraction of sp³-hybridized carbons (Fsp3) is 0.267. The van der Waals surface area contributed by atoms with Gasteiger partial charge in [0.05, 0.1) is 12.4 Å². The van der Waals surface area contributed by atoms with E-state index < -0.39 is 5.82 Å². The molecule has 1 aromatic heterocycles. The first kappa shape index (κ1) is 18.8. The number of hydrogen-bond acceptors (Lipinski definition) is 2. The smallest absolute Gasteiger partial charge is 0.207 e. The zero-order chi connectivity index (χ0) is 14.7. The summed E-state index contributed by atoms with van der Waals surface area (Å²) < 4.78 is 21.5. The zero-order valence-electron chi connectivity index (χ0n) is 11.8. The van der Waals surface area contributed by atoms with E-state index in [-0.39, 0.29) is 38.3 Å². The molecule has 0 spiro atoms. The van der Waals surface area contributed by atoms with Crippen LogP contribution in [0.5, 0.6) is 5.75 Å². The second kappa shape index (κ2) is 8.39. The van der Waals surface area contributed by atoms with Gasteiger partial charge in [-0.1, -0.05) is 18.2 Å². The Bertz CT molecular complexity index is 688. The molecule has 0 saturated heterocycles. The van der Waals surface area contributed by atoms with Gasteiger partial charge in [-0.15, -0.1) is 28.7 Å². The summed E-state index contributed by atoms with van der Waals surface area (Å²) in [5, 5.41) is 0. The van der Waals surface area contributed by atoms with E-state index in [9.17, 15) is 9.18 Å². The fourth-order valence-corrected chi connectivity index (χ4v) is 2.33. The Morgan fingerprint density at radius 1 is 1.43 bits per heavy atom. The van der Waals surface area contributed by atoms with Crippen molar-refractivity contribution in [3.8, 4) is 17.0 Å². The first-order valence-electron chi connectivity index (χ1n) is 6.24. The van der Waals surface area contributed by atoms with Crippen LogP contribution in [0.15, 0.2) is 29.1 Å². The van der Waals surface area contributed by atoms with Crippen LogP contribution < -0.4 is 10.3 Å². The number of benzene rings is 1. The van der Waals surface area contributed by atoms with Crippen LogP contribution in [0.2, 0.25) is 0 Å². The van der Waals surface area contributed by atoms with Gasteiger partial charge in [-0.2, -0.15) is 12.1 Å². The molecule has 2 rings (SSSR count). The third-order valence-electron chi connectivity index (χ3n) is 2.85. The maximum absolute atomic E-state index is 14.2. The third kappa shape index (κ3) is 4.36. The second-order valence-electron chi connectivity index (χ2n) is 4.34. The molecule has 1 radical (unpaired) electrons. The second-order valence-corrected chi connectivity index (χ2v) is 5.50. The van der Waals surface area contributed by atoms with Crippen molar-refractivity contribution in [1.82, 2.24) is 4.57 Å². The standard InChI is InChI=1S/C15H14FINO2.Y/c1-3-8-20-10-4-5-11(12(16)9-10)14-7-6-13(17)15(19)18(14)2;/h4-6,9H,3,8H2,1-2H3;/q-1;. The minimum Gasteiger partial charge on any atom is -0.494 e. The first-order valence-corrected chi connectivity index (χ1v) is 7.32. The van der Waals surface area contributed by atoms with Crippen molar-refractivity contribution in [1.29, 1.82) is 0 Å².